The summed E-state index contributed by atoms with van der Waals surface area (Å²) in [5.74, 6) is 1.00. The molecule has 96 valence electrons. The van der Waals surface area contributed by atoms with E-state index in [2.05, 4.69) is 11.5 Å². The van der Waals surface area contributed by atoms with Gasteiger partial charge in [0.2, 0.25) is 0 Å². The van der Waals surface area contributed by atoms with Crippen molar-refractivity contribution in [3.8, 4) is 0 Å². The standard InChI is InChI=1S/C14H18ClN3/c1-2-4-11(16)14-17-12-6-3-5-10(15)13(12)18(14)9-7-8-9/h3,5-6,9,11H,2,4,7-8,16H2,1H3. The Kier molecular flexibility index (Phi) is 3.04. The summed E-state index contributed by atoms with van der Waals surface area (Å²) in [5, 5.41) is 0.779. The molecule has 2 N–H and O–H groups in total. The highest BCUT2D eigenvalue weighted by Crippen LogP contribution is 2.41. The fourth-order valence-electron chi connectivity index (χ4n) is 2.53. The number of nitrogens with two attached hydrogens (primary N) is 1. The summed E-state index contributed by atoms with van der Waals surface area (Å²) in [6.45, 7) is 2.15. The molecule has 1 aliphatic rings. The third kappa shape index (κ3) is 1.91. The van der Waals surface area contributed by atoms with Gasteiger partial charge in [0.1, 0.15) is 5.82 Å². The lowest BCUT2D eigenvalue weighted by molar-refractivity contribution is 0.561. The molecule has 2 aromatic rings. The average molecular weight is 264 g/mol. The van der Waals surface area contributed by atoms with Crippen LogP contribution in [0.15, 0.2) is 18.2 Å². The Balaban J connectivity index is 2.18. The van der Waals surface area contributed by atoms with E-state index < -0.39 is 0 Å². The van der Waals surface area contributed by atoms with E-state index in [4.69, 9.17) is 22.3 Å². The van der Waals surface area contributed by atoms with Crippen LogP contribution in [0.5, 0.6) is 0 Å². The van der Waals surface area contributed by atoms with E-state index in [1.807, 2.05) is 18.2 Å². The van der Waals surface area contributed by atoms with E-state index in [1.54, 1.807) is 0 Å². The fraction of sp³-hybridized carbons (Fsp3) is 0.500. The lowest BCUT2D eigenvalue weighted by atomic mass is 10.1. The van der Waals surface area contributed by atoms with Gasteiger partial charge in [0, 0.05) is 6.04 Å². The number of hydrogen-bond acceptors (Lipinski definition) is 2. The second kappa shape index (κ2) is 4.56. The highest BCUT2D eigenvalue weighted by molar-refractivity contribution is 6.35. The van der Waals surface area contributed by atoms with Gasteiger partial charge in [-0.15, -0.1) is 0 Å². The van der Waals surface area contributed by atoms with Gasteiger partial charge in [0.15, 0.2) is 0 Å². The molecule has 4 heteroatoms. The van der Waals surface area contributed by atoms with Crippen molar-refractivity contribution in [2.75, 3.05) is 0 Å². The predicted octanol–water partition coefficient (Wildman–Crippen LogP) is 3.82. The summed E-state index contributed by atoms with van der Waals surface area (Å²) in [6.07, 6.45) is 4.46. The topological polar surface area (TPSA) is 43.8 Å². The second-order valence-electron chi connectivity index (χ2n) is 5.07. The lowest BCUT2D eigenvalue weighted by Gasteiger charge is -2.13. The molecule has 0 bridgehead atoms. The highest BCUT2D eigenvalue weighted by atomic mass is 35.5. The monoisotopic (exact) mass is 263 g/mol. The first kappa shape index (κ1) is 12.0. The highest BCUT2D eigenvalue weighted by Gasteiger charge is 2.30. The van der Waals surface area contributed by atoms with Crippen LogP contribution >= 0.6 is 11.6 Å². The largest absolute Gasteiger partial charge is 0.322 e. The van der Waals surface area contributed by atoms with Gasteiger partial charge >= 0.3 is 0 Å². The summed E-state index contributed by atoms with van der Waals surface area (Å²) in [6, 6.07) is 6.46. The third-order valence-electron chi connectivity index (χ3n) is 3.53. The minimum Gasteiger partial charge on any atom is -0.322 e. The molecule has 0 radical (unpaired) electrons. The zero-order valence-electron chi connectivity index (χ0n) is 10.6. The molecule has 0 aliphatic heterocycles. The number of hydrogen-bond donors (Lipinski definition) is 1. The molecule has 1 aromatic heterocycles. The second-order valence-corrected chi connectivity index (χ2v) is 5.48. The number of fused-ring (bicyclic) bond motifs is 1. The van der Waals surface area contributed by atoms with E-state index in [-0.39, 0.29) is 6.04 Å². The Hall–Kier alpha value is -1.06. The van der Waals surface area contributed by atoms with Crippen molar-refractivity contribution in [1.82, 2.24) is 9.55 Å². The van der Waals surface area contributed by atoms with Crippen LogP contribution in [0.25, 0.3) is 11.0 Å². The van der Waals surface area contributed by atoms with Crippen LogP contribution in [0.1, 0.15) is 50.5 Å². The minimum atomic E-state index is 0.0130. The van der Waals surface area contributed by atoms with Gasteiger partial charge in [-0.05, 0) is 31.4 Å². The van der Waals surface area contributed by atoms with Gasteiger partial charge in [0.05, 0.1) is 22.1 Å². The summed E-state index contributed by atoms with van der Waals surface area (Å²) in [4.78, 5) is 4.71. The number of imidazole rings is 1. The van der Waals surface area contributed by atoms with E-state index in [1.165, 1.54) is 12.8 Å². The molecular weight excluding hydrogens is 246 g/mol. The van der Waals surface area contributed by atoms with Crippen LogP contribution in [0.2, 0.25) is 5.02 Å². The van der Waals surface area contributed by atoms with E-state index in [0.717, 1.165) is 34.7 Å². The Morgan fingerprint density at radius 1 is 1.50 bits per heavy atom. The molecule has 1 fully saturated rings. The predicted molar refractivity (Wildman–Crippen MR) is 74.9 cm³/mol. The van der Waals surface area contributed by atoms with Crippen molar-refractivity contribution >= 4 is 22.6 Å². The number of rotatable bonds is 4. The minimum absolute atomic E-state index is 0.0130. The molecule has 3 rings (SSSR count). The number of halogens is 1. The average Bonchev–Trinajstić information content (AvgIpc) is 3.10. The normalized spacial score (nSPS) is 17.3. The van der Waals surface area contributed by atoms with Crippen LogP contribution in [-0.4, -0.2) is 9.55 Å². The quantitative estimate of drug-likeness (QED) is 0.911. The summed E-state index contributed by atoms with van der Waals surface area (Å²) < 4.78 is 2.28. The Labute approximate surface area is 112 Å². The molecule has 18 heavy (non-hydrogen) atoms. The Morgan fingerprint density at radius 2 is 2.28 bits per heavy atom. The van der Waals surface area contributed by atoms with Crippen LogP contribution in [0.3, 0.4) is 0 Å². The van der Waals surface area contributed by atoms with E-state index in [9.17, 15) is 0 Å². The lowest BCUT2D eigenvalue weighted by Crippen LogP contribution is -2.16. The van der Waals surface area contributed by atoms with Crippen molar-refractivity contribution in [2.24, 2.45) is 5.73 Å². The summed E-state index contributed by atoms with van der Waals surface area (Å²) in [7, 11) is 0. The van der Waals surface area contributed by atoms with Gasteiger partial charge < -0.3 is 10.3 Å². The molecule has 1 aromatic carbocycles. The summed E-state index contributed by atoms with van der Waals surface area (Å²) in [5.41, 5.74) is 8.29. The number of aromatic nitrogens is 2. The van der Waals surface area contributed by atoms with Crippen LogP contribution in [-0.2, 0) is 0 Å². The fourth-order valence-corrected chi connectivity index (χ4v) is 2.79. The molecule has 1 unspecified atom stereocenters. The van der Waals surface area contributed by atoms with E-state index >= 15 is 0 Å². The van der Waals surface area contributed by atoms with Gasteiger partial charge in [-0.2, -0.15) is 0 Å². The van der Waals surface area contributed by atoms with Crippen molar-refractivity contribution in [3.05, 3.63) is 29.0 Å². The number of benzene rings is 1. The van der Waals surface area contributed by atoms with Crippen molar-refractivity contribution in [3.63, 3.8) is 0 Å². The molecule has 0 saturated heterocycles. The molecule has 1 aliphatic carbocycles. The molecule has 0 spiro atoms. The van der Waals surface area contributed by atoms with E-state index in [0.29, 0.717) is 6.04 Å². The maximum atomic E-state index is 6.33. The first-order chi connectivity index (χ1) is 8.72. The van der Waals surface area contributed by atoms with Gasteiger partial charge in [-0.3, -0.25) is 0 Å². The zero-order chi connectivity index (χ0) is 12.7. The number of para-hydroxylation sites is 1. The molecule has 3 nitrogen and oxygen atoms in total. The summed E-state index contributed by atoms with van der Waals surface area (Å²) >= 11 is 6.33. The smallest absolute Gasteiger partial charge is 0.127 e. The Morgan fingerprint density at radius 3 is 2.94 bits per heavy atom. The number of nitrogens with zero attached hydrogens (tertiary/aromatic N) is 2. The SMILES string of the molecule is CCCC(N)c1nc2cccc(Cl)c2n1C1CC1. The first-order valence-corrected chi connectivity index (χ1v) is 7.02. The maximum Gasteiger partial charge on any atom is 0.127 e. The molecule has 0 amide bonds. The molecule has 1 heterocycles. The van der Waals surface area contributed by atoms with Crippen molar-refractivity contribution < 1.29 is 0 Å². The van der Waals surface area contributed by atoms with Gasteiger partial charge in [0.25, 0.3) is 0 Å². The third-order valence-corrected chi connectivity index (χ3v) is 3.84. The first-order valence-electron chi connectivity index (χ1n) is 6.64. The van der Waals surface area contributed by atoms with Crippen LogP contribution in [0, 0.1) is 0 Å². The molecule has 1 atom stereocenters. The van der Waals surface area contributed by atoms with Crippen LogP contribution < -0.4 is 5.73 Å². The van der Waals surface area contributed by atoms with Crippen molar-refractivity contribution in [1.29, 1.82) is 0 Å². The Bertz CT molecular complexity index is 572. The van der Waals surface area contributed by atoms with Gasteiger partial charge in [-0.25, -0.2) is 4.98 Å². The molecule has 1 saturated carbocycles. The maximum absolute atomic E-state index is 6.33. The van der Waals surface area contributed by atoms with Crippen LogP contribution in [0.4, 0.5) is 0 Å². The zero-order valence-corrected chi connectivity index (χ0v) is 11.3. The molecular formula is C14H18ClN3. The van der Waals surface area contributed by atoms with Gasteiger partial charge in [-0.1, -0.05) is 31.0 Å². The van der Waals surface area contributed by atoms with Crippen molar-refractivity contribution in [2.45, 2.75) is 44.7 Å².